The maximum absolute atomic E-state index is 5.86. The Labute approximate surface area is 137 Å². The smallest absolute Gasteiger partial charge is 0.123 e. The van der Waals surface area contributed by atoms with Crippen molar-refractivity contribution in [2.24, 2.45) is 5.92 Å². The predicted molar refractivity (Wildman–Crippen MR) is 92.8 cm³/mol. The van der Waals surface area contributed by atoms with Gasteiger partial charge in [-0.25, -0.2) is 0 Å². The molecule has 1 aromatic rings. The van der Waals surface area contributed by atoms with E-state index < -0.39 is 0 Å². The van der Waals surface area contributed by atoms with Gasteiger partial charge in [-0.2, -0.15) is 0 Å². The second kappa shape index (κ2) is 8.79. The third-order valence-corrected chi connectivity index (χ3v) is 4.92. The minimum absolute atomic E-state index is 0.668. The zero-order valence-electron chi connectivity index (χ0n) is 13.3. The molecule has 2 rings (SSSR count). The van der Waals surface area contributed by atoms with Gasteiger partial charge in [-0.3, -0.25) is 0 Å². The second-order valence-electron chi connectivity index (χ2n) is 6.12. The molecule has 1 aliphatic carbocycles. The molecule has 1 aliphatic rings. The van der Waals surface area contributed by atoms with E-state index in [4.69, 9.17) is 4.74 Å². The maximum atomic E-state index is 5.86. The van der Waals surface area contributed by atoms with Gasteiger partial charge >= 0.3 is 0 Å². The topological polar surface area (TPSA) is 21.3 Å². The van der Waals surface area contributed by atoms with Crippen LogP contribution in [0.5, 0.6) is 5.75 Å². The largest absolute Gasteiger partial charge is 0.493 e. The van der Waals surface area contributed by atoms with Crippen LogP contribution in [0.1, 0.15) is 57.9 Å². The number of benzene rings is 1. The molecule has 0 bridgehead atoms. The minimum Gasteiger partial charge on any atom is -0.493 e. The highest BCUT2D eigenvalue weighted by molar-refractivity contribution is 9.10. The molecule has 0 radical (unpaired) electrons. The quantitative estimate of drug-likeness (QED) is 0.718. The van der Waals surface area contributed by atoms with E-state index in [0.717, 1.165) is 35.7 Å². The van der Waals surface area contributed by atoms with Crippen molar-refractivity contribution < 1.29 is 4.74 Å². The van der Waals surface area contributed by atoms with Crippen molar-refractivity contribution in [3.05, 3.63) is 28.2 Å². The molecule has 0 aliphatic heterocycles. The third-order valence-electron chi connectivity index (χ3n) is 4.43. The third kappa shape index (κ3) is 5.30. The van der Waals surface area contributed by atoms with Crippen molar-refractivity contribution in [1.82, 2.24) is 5.32 Å². The normalized spacial score (nSPS) is 22.2. The molecular weight excluding hydrogens is 326 g/mol. The highest BCUT2D eigenvalue weighted by Gasteiger charge is 2.20. The lowest BCUT2D eigenvalue weighted by Crippen LogP contribution is -2.33. The number of hydrogen-bond donors (Lipinski definition) is 1. The molecule has 1 N–H and O–H groups in total. The van der Waals surface area contributed by atoms with Crippen LogP contribution in [0.15, 0.2) is 22.7 Å². The zero-order valence-corrected chi connectivity index (χ0v) is 14.9. The van der Waals surface area contributed by atoms with Crippen LogP contribution in [0, 0.1) is 5.92 Å². The number of rotatable bonds is 7. The van der Waals surface area contributed by atoms with Crippen molar-refractivity contribution in [3.63, 3.8) is 0 Å². The summed E-state index contributed by atoms with van der Waals surface area (Å²) >= 11 is 3.57. The Kier molecular flexibility index (Phi) is 7.05. The van der Waals surface area contributed by atoms with Gasteiger partial charge in [0.25, 0.3) is 0 Å². The molecule has 0 amide bonds. The molecule has 2 nitrogen and oxygen atoms in total. The summed E-state index contributed by atoms with van der Waals surface area (Å²) in [7, 11) is 0. The SMILES string of the molecule is CCCOc1ccc(Br)cc1CNC1CCCC(CC)C1. The molecule has 0 spiro atoms. The fraction of sp³-hybridized carbons (Fsp3) is 0.667. The van der Waals surface area contributed by atoms with Crippen LogP contribution in [-0.4, -0.2) is 12.6 Å². The van der Waals surface area contributed by atoms with Crippen molar-refractivity contribution in [2.75, 3.05) is 6.61 Å². The van der Waals surface area contributed by atoms with Crippen molar-refractivity contribution >= 4 is 15.9 Å². The minimum atomic E-state index is 0.668. The Morgan fingerprint density at radius 3 is 2.90 bits per heavy atom. The van der Waals surface area contributed by atoms with E-state index in [1.54, 1.807) is 0 Å². The molecule has 1 fully saturated rings. The Balaban J connectivity index is 1.93. The molecule has 0 saturated heterocycles. The summed E-state index contributed by atoms with van der Waals surface area (Å²) in [6.07, 6.45) is 7.79. The van der Waals surface area contributed by atoms with Crippen LogP contribution < -0.4 is 10.1 Å². The summed E-state index contributed by atoms with van der Waals surface area (Å²) in [5.74, 6) is 1.94. The average Bonchev–Trinajstić information content (AvgIpc) is 2.52. The lowest BCUT2D eigenvalue weighted by Gasteiger charge is -2.29. The Hall–Kier alpha value is -0.540. The number of ether oxygens (including phenoxy) is 1. The van der Waals surface area contributed by atoms with Gasteiger partial charge in [-0.1, -0.05) is 49.0 Å². The predicted octanol–water partition coefficient (Wildman–Crippen LogP) is 5.30. The first-order valence-corrected chi connectivity index (χ1v) is 9.16. The highest BCUT2D eigenvalue weighted by Crippen LogP contribution is 2.28. The molecular formula is C18H28BrNO. The molecule has 3 heteroatoms. The van der Waals surface area contributed by atoms with Crippen molar-refractivity contribution in [2.45, 2.75) is 65.0 Å². The molecule has 21 heavy (non-hydrogen) atoms. The lowest BCUT2D eigenvalue weighted by molar-refractivity contribution is 0.275. The van der Waals surface area contributed by atoms with Crippen LogP contribution in [-0.2, 0) is 6.54 Å². The highest BCUT2D eigenvalue weighted by atomic mass is 79.9. The fourth-order valence-corrected chi connectivity index (χ4v) is 3.55. The molecule has 2 unspecified atom stereocenters. The van der Waals surface area contributed by atoms with Gasteiger partial charge in [0.2, 0.25) is 0 Å². The van der Waals surface area contributed by atoms with Gasteiger partial charge in [-0.05, 0) is 43.4 Å². The molecule has 2 atom stereocenters. The first-order chi connectivity index (χ1) is 10.2. The van der Waals surface area contributed by atoms with Crippen LogP contribution in [0.25, 0.3) is 0 Å². The Morgan fingerprint density at radius 1 is 1.29 bits per heavy atom. The number of hydrogen-bond acceptors (Lipinski definition) is 2. The summed E-state index contributed by atoms with van der Waals surface area (Å²) in [5, 5.41) is 3.75. The molecule has 1 saturated carbocycles. The van der Waals surface area contributed by atoms with Crippen molar-refractivity contribution in [1.29, 1.82) is 0 Å². The van der Waals surface area contributed by atoms with Gasteiger partial charge in [0.1, 0.15) is 5.75 Å². The summed E-state index contributed by atoms with van der Waals surface area (Å²) < 4.78 is 6.99. The van der Waals surface area contributed by atoms with Gasteiger partial charge in [0, 0.05) is 22.6 Å². The van der Waals surface area contributed by atoms with Crippen molar-refractivity contribution in [3.8, 4) is 5.75 Å². The summed E-state index contributed by atoms with van der Waals surface area (Å²) in [6.45, 7) is 6.15. The standard InChI is InChI=1S/C18H28BrNO/c1-3-10-21-18-9-8-16(19)12-15(18)13-20-17-7-5-6-14(4-2)11-17/h8-9,12,14,17,20H,3-7,10-11,13H2,1-2H3. The average molecular weight is 354 g/mol. The second-order valence-corrected chi connectivity index (χ2v) is 7.03. The Morgan fingerprint density at radius 2 is 2.14 bits per heavy atom. The van der Waals surface area contributed by atoms with E-state index in [1.807, 2.05) is 0 Å². The number of halogens is 1. The monoisotopic (exact) mass is 353 g/mol. The number of nitrogens with one attached hydrogen (secondary N) is 1. The summed E-state index contributed by atoms with van der Waals surface area (Å²) in [4.78, 5) is 0. The summed E-state index contributed by atoms with van der Waals surface area (Å²) in [6, 6.07) is 6.98. The van der Waals surface area contributed by atoms with Crippen LogP contribution in [0.3, 0.4) is 0 Å². The van der Waals surface area contributed by atoms with E-state index in [-0.39, 0.29) is 0 Å². The molecule has 0 heterocycles. The fourth-order valence-electron chi connectivity index (χ4n) is 3.14. The van der Waals surface area contributed by atoms with Gasteiger partial charge in [0.05, 0.1) is 6.61 Å². The molecule has 118 valence electrons. The van der Waals surface area contributed by atoms with Gasteiger partial charge in [0.15, 0.2) is 0 Å². The Bertz CT molecular complexity index is 435. The van der Waals surface area contributed by atoms with E-state index in [9.17, 15) is 0 Å². The van der Waals surface area contributed by atoms with E-state index in [2.05, 4.69) is 53.3 Å². The molecule has 0 aromatic heterocycles. The first kappa shape index (κ1) is 16.8. The van der Waals surface area contributed by atoms with Crippen LogP contribution >= 0.6 is 15.9 Å². The first-order valence-electron chi connectivity index (χ1n) is 8.37. The van der Waals surface area contributed by atoms with E-state index in [1.165, 1.54) is 37.7 Å². The maximum Gasteiger partial charge on any atom is 0.123 e. The zero-order chi connectivity index (χ0) is 15.1. The summed E-state index contributed by atoms with van der Waals surface area (Å²) in [5.41, 5.74) is 1.26. The van der Waals surface area contributed by atoms with Gasteiger partial charge in [-0.15, -0.1) is 0 Å². The molecule has 1 aromatic carbocycles. The van der Waals surface area contributed by atoms with E-state index >= 15 is 0 Å². The van der Waals surface area contributed by atoms with Crippen LogP contribution in [0.4, 0.5) is 0 Å². The van der Waals surface area contributed by atoms with Crippen LogP contribution in [0.2, 0.25) is 0 Å². The lowest BCUT2D eigenvalue weighted by atomic mass is 9.84. The van der Waals surface area contributed by atoms with E-state index in [0.29, 0.717) is 6.04 Å². The van der Waals surface area contributed by atoms with Gasteiger partial charge < -0.3 is 10.1 Å².